The molecule has 0 bridgehead atoms. The minimum absolute atomic E-state index is 0.137. The molecular weight excluding hydrogens is 260 g/mol. The number of rotatable bonds is 5. The molecule has 0 heterocycles. The molecule has 0 aliphatic heterocycles. The van der Waals surface area contributed by atoms with E-state index in [0.29, 0.717) is 18.3 Å². The van der Waals surface area contributed by atoms with E-state index in [9.17, 15) is 10.2 Å². The summed E-state index contributed by atoms with van der Waals surface area (Å²) in [4.78, 5) is 0. The second kappa shape index (κ2) is 5.23. The van der Waals surface area contributed by atoms with Crippen LogP contribution in [0, 0.1) is 22.7 Å². The second-order valence-electron chi connectivity index (χ2n) is 8.28. The molecule has 122 valence electrons. The van der Waals surface area contributed by atoms with Gasteiger partial charge in [0.15, 0.2) is 0 Å². The van der Waals surface area contributed by atoms with Crippen LogP contribution in [0.25, 0.3) is 0 Å². The Labute approximate surface area is 138 Å². The van der Waals surface area contributed by atoms with Crippen molar-refractivity contribution in [2.75, 3.05) is 0 Å². The van der Waals surface area contributed by atoms with Crippen molar-refractivity contribution >= 4 is 0 Å². The van der Waals surface area contributed by atoms with Gasteiger partial charge in [0, 0.05) is 8.22 Å². The Hall–Kier alpha value is -0.0800. The first kappa shape index (κ1) is 9.93. The van der Waals surface area contributed by atoms with Gasteiger partial charge in [0.05, 0.1) is 11.7 Å². The van der Waals surface area contributed by atoms with Crippen molar-refractivity contribution in [1.29, 1.82) is 0 Å². The van der Waals surface area contributed by atoms with Gasteiger partial charge in [-0.05, 0) is 87.7 Å². The van der Waals surface area contributed by atoms with Gasteiger partial charge in [-0.25, -0.2) is 0 Å². The molecule has 0 amide bonds. The van der Waals surface area contributed by atoms with Gasteiger partial charge in [-0.1, -0.05) is 19.8 Å². The highest BCUT2D eigenvalue weighted by Crippen LogP contribution is 2.69. The second-order valence-corrected chi connectivity index (χ2v) is 8.28. The quantitative estimate of drug-likeness (QED) is 0.795. The standard InChI is InChI=1S/C19H34O2/c1-17(2,21)9-5-11-19(12-13-19)16-8-7-14-15(20)6-4-10-18(14,16)3/h14-16,20-21H,4-13H2,1-3H3/t14-,15-,16-,18-/m0/s1/i1D3,2D3. The summed E-state index contributed by atoms with van der Waals surface area (Å²) < 4.78 is 45.2. The van der Waals surface area contributed by atoms with Crippen LogP contribution in [0.3, 0.4) is 0 Å². The first-order valence-electron chi connectivity index (χ1n) is 11.7. The van der Waals surface area contributed by atoms with Crippen LogP contribution < -0.4 is 0 Å². The maximum atomic E-state index is 10.5. The highest BCUT2D eigenvalue weighted by molar-refractivity contribution is 5.10. The van der Waals surface area contributed by atoms with Crippen LogP contribution in [0.4, 0.5) is 0 Å². The van der Waals surface area contributed by atoms with E-state index in [2.05, 4.69) is 6.92 Å². The Bertz CT molecular complexity index is 539. The lowest BCUT2D eigenvalue weighted by molar-refractivity contribution is -0.0342. The van der Waals surface area contributed by atoms with Crippen LogP contribution in [0.5, 0.6) is 0 Å². The summed E-state index contributed by atoms with van der Waals surface area (Å²) in [6.45, 7) is -3.53. The van der Waals surface area contributed by atoms with Gasteiger partial charge in [0.2, 0.25) is 0 Å². The lowest BCUT2D eigenvalue weighted by Gasteiger charge is -2.46. The number of fused-ring (bicyclic) bond motifs is 1. The average Bonchev–Trinajstić information content (AvgIpc) is 3.19. The van der Waals surface area contributed by atoms with Gasteiger partial charge in [-0.15, -0.1) is 0 Å². The fourth-order valence-electron chi connectivity index (χ4n) is 5.78. The highest BCUT2D eigenvalue weighted by atomic mass is 16.3. The van der Waals surface area contributed by atoms with Crippen molar-refractivity contribution in [2.45, 2.75) is 96.5 Å². The van der Waals surface area contributed by atoms with E-state index in [-0.39, 0.29) is 23.4 Å². The average molecular weight is 301 g/mol. The van der Waals surface area contributed by atoms with Gasteiger partial charge >= 0.3 is 0 Å². The van der Waals surface area contributed by atoms with Gasteiger partial charge in [-0.3, -0.25) is 0 Å². The number of aliphatic hydroxyl groups is 2. The zero-order valence-corrected chi connectivity index (χ0v) is 13.2. The van der Waals surface area contributed by atoms with E-state index in [1.54, 1.807) is 0 Å². The predicted molar refractivity (Wildman–Crippen MR) is 86.0 cm³/mol. The van der Waals surface area contributed by atoms with Crippen molar-refractivity contribution in [3.8, 4) is 0 Å². The molecule has 3 aliphatic carbocycles. The van der Waals surface area contributed by atoms with Gasteiger partial charge in [0.1, 0.15) is 0 Å². The van der Waals surface area contributed by atoms with Crippen LogP contribution in [-0.2, 0) is 0 Å². The molecule has 0 aromatic rings. The minimum Gasteiger partial charge on any atom is -0.393 e. The predicted octanol–water partition coefficient (Wildman–Crippen LogP) is 4.29. The fourth-order valence-corrected chi connectivity index (χ4v) is 5.78. The maximum Gasteiger partial charge on any atom is 0.0591 e. The number of hydrogen-bond donors (Lipinski definition) is 2. The third-order valence-electron chi connectivity index (χ3n) is 6.93. The summed E-state index contributed by atoms with van der Waals surface area (Å²) >= 11 is 0. The van der Waals surface area contributed by atoms with Gasteiger partial charge < -0.3 is 10.2 Å². The SMILES string of the molecule is [2H]C([2H])([2H])C(O)(CCCC1([C@H]2CC[C@H]3[C@@H](O)CCC[C@]23C)CC1)C([2H])([2H])[2H]. The van der Waals surface area contributed by atoms with Crippen molar-refractivity contribution in [3.05, 3.63) is 0 Å². The minimum atomic E-state index is -2.92. The molecule has 0 aromatic carbocycles. The first-order valence-corrected chi connectivity index (χ1v) is 8.67. The molecule has 0 unspecified atom stereocenters. The maximum absolute atomic E-state index is 10.5. The Balaban J connectivity index is 1.68. The Morgan fingerprint density at radius 1 is 1.19 bits per heavy atom. The van der Waals surface area contributed by atoms with Gasteiger partial charge in [0.25, 0.3) is 0 Å². The molecule has 3 fully saturated rings. The molecule has 2 N–H and O–H groups in total. The molecule has 3 rings (SSSR count). The van der Waals surface area contributed by atoms with E-state index in [1.807, 2.05) is 0 Å². The zero-order valence-electron chi connectivity index (χ0n) is 19.2. The third kappa shape index (κ3) is 2.91. The van der Waals surface area contributed by atoms with Crippen molar-refractivity contribution in [2.24, 2.45) is 22.7 Å². The molecule has 3 aliphatic rings. The third-order valence-corrected chi connectivity index (χ3v) is 6.93. The van der Waals surface area contributed by atoms with Crippen LogP contribution in [0.15, 0.2) is 0 Å². The van der Waals surface area contributed by atoms with E-state index in [4.69, 9.17) is 8.22 Å². The van der Waals surface area contributed by atoms with Crippen LogP contribution in [-0.4, -0.2) is 21.9 Å². The summed E-state index contributed by atoms with van der Waals surface area (Å²) in [6.07, 6.45) is 8.17. The molecule has 2 nitrogen and oxygen atoms in total. The fraction of sp³-hybridized carbons (Fsp3) is 1.00. The van der Waals surface area contributed by atoms with Crippen molar-refractivity contribution in [3.63, 3.8) is 0 Å². The lowest BCUT2D eigenvalue weighted by atomic mass is 9.60. The van der Waals surface area contributed by atoms with E-state index in [1.165, 1.54) is 0 Å². The Morgan fingerprint density at radius 3 is 2.62 bits per heavy atom. The smallest absolute Gasteiger partial charge is 0.0591 e. The molecule has 0 aromatic heterocycles. The molecule has 2 heteroatoms. The summed E-state index contributed by atoms with van der Waals surface area (Å²) in [5, 5.41) is 20.9. The summed E-state index contributed by atoms with van der Waals surface area (Å²) in [6, 6.07) is 0. The molecule has 0 saturated heterocycles. The molecule has 4 atom stereocenters. The molecule has 0 spiro atoms. The van der Waals surface area contributed by atoms with Crippen LogP contribution in [0.1, 0.15) is 93.1 Å². The normalized spacial score (nSPS) is 47.3. The molecule has 0 radical (unpaired) electrons. The summed E-state index contributed by atoms with van der Waals surface area (Å²) in [5.74, 6) is 0.869. The summed E-state index contributed by atoms with van der Waals surface area (Å²) in [7, 11) is 0. The first-order chi connectivity index (χ1) is 12.3. The van der Waals surface area contributed by atoms with Crippen LogP contribution >= 0.6 is 0 Å². The Morgan fingerprint density at radius 2 is 1.95 bits per heavy atom. The molecular formula is C19H34O2. The Kier molecular flexibility index (Phi) is 2.47. The summed E-state index contributed by atoms with van der Waals surface area (Å²) in [5.41, 5.74) is -2.36. The molecule has 21 heavy (non-hydrogen) atoms. The number of aliphatic hydroxyl groups excluding tert-OH is 1. The van der Waals surface area contributed by atoms with E-state index >= 15 is 0 Å². The highest BCUT2D eigenvalue weighted by Gasteiger charge is 2.61. The van der Waals surface area contributed by atoms with E-state index in [0.717, 1.165) is 51.4 Å². The van der Waals surface area contributed by atoms with Crippen molar-refractivity contribution in [1.82, 2.24) is 0 Å². The van der Waals surface area contributed by atoms with Crippen LogP contribution in [0.2, 0.25) is 0 Å². The van der Waals surface area contributed by atoms with E-state index < -0.39 is 19.3 Å². The molecule has 3 saturated carbocycles. The lowest BCUT2D eigenvalue weighted by Crippen LogP contribution is -2.42. The number of hydrogen-bond acceptors (Lipinski definition) is 2. The monoisotopic (exact) mass is 300 g/mol. The van der Waals surface area contributed by atoms with Crippen molar-refractivity contribution < 1.29 is 18.4 Å². The van der Waals surface area contributed by atoms with Gasteiger partial charge in [-0.2, -0.15) is 0 Å². The zero-order chi connectivity index (χ0) is 20.3. The largest absolute Gasteiger partial charge is 0.393 e. The topological polar surface area (TPSA) is 40.5 Å².